The Bertz CT molecular complexity index is 302. The predicted octanol–water partition coefficient (Wildman–Crippen LogP) is 2.83. The summed E-state index contributed by atoms with van der Waals surface area (Å²) in [7, 11) is 0. The zero-order chi connectivity index (χ0) is 13.4. The summed E-state index contributed by atoms with van der Waals surface area (Å²) >= 11 is 0. The van der Waals surface area contributed by atoms with E-state index in [4.69, 9.17) is 0 Å². The Morgan fingerprint density at radius 2 is 1.71 bits per heavy atom. The number of halogens is 5. The molecule has 1 aliphatic rings. The van der Waals surface area contributed by atoms with E-state index in [1.54, 1.807) is 6.92 Å². The van der Waals surface area contributed by atoms with E-state index in [-0.39, 0.29) is 12.5 Å². The van der Waals surface area contributed by atoms with Crippen LogP contribution in [0.2, 0.25) is 0 Å². The number of likely N-dealkylation sites (tertiary alicyclic amines) is 1. The van der Waals surface area contributed by atoms with Crippen molar-refractivity contribution in [3.8, 4) is 0 Å². The second-order valence-electron chi connectivity index (χ2n) is 4.43. The summed E-state index contributed by atoms with van der Waals surface area (Å²) in [5.74, 6) is -7.50. The fourth-order valence-electron chi connectivity index (χ4n) is 1.92. The second kappa shape index (κ2) is 4.42. The molecule has 0 aromatic carbocycles. The van der Waals surface area contributed by atoms with Crippen molar-refractivity contribution in [1.29, 1.82) is 0 Å². The Morgan fingerprint density at radius 3 is 2.18 bits per heavy atom. The SMILES string of the molecule is CC1CCCN(C(=O)C(F)(F)C(F)(F)F)C1C. The van der Waals surface area contributed by atoms with Crippen molar-refractivity contribution in [1.82, 2.24) is 4.90 Å². The van der Waals surface area contributed by atoms with Crippen LogP contribution in [0.5, 0.6) is 0 Å². The van der Waals surface area contributed by atoms with E-state index >= 15 is 0 Å². The summed E-state index contributed by atoms with van der Waals surface area (Å²) in [6, 6.07) is -0.593. The molecule has 1 rings (SSSR count). The number of rotatable bonds is 1. The third kappa shape index (κ3) is 2.52. The third-order valence-electron chi connectivity index (χ3n) is 3.26. The van der Waals surface area contributed by atoms with E-state index in [0.717, 1.165) is 6.42 Å². The highest BCUT2D eigenvalue weighted by Crippen LogP contribution is 2.38. The van der Waals surface area contributed by atoms with Crippen LogP contribution in [0.4, 0.5) is 22.0 Å². The summed E-state index contributed by atoms with van der Waals surface area (Å²) in [6.45, 7) is 3.18. The quantitative estimate of drug-likeness (QED) is 0.663. The van der Waals surface area contributed by atoms with Crippen LogP contribution < -0.4 is 0 Å². The lowest BCUT2D eigenvalue weighted by atomic mass is 9.91. The average Bonchev–Trinajstić information content (AvgIpc) is 2.19. The van der Waals surface area contributed by atoms with Gasteiger partial charge in [0.1, 0.15) is 0 Å². The largest absolute Gasteiger partial charge is 0.463 e. The first kappa shape index (κ1) is 14.2. The Hall–Kier alpha value is -0.880. The second-order valence-corrected chi connectivity index (χ2v) is 4.43. The van der Waals surface area contributed by atoms with Gasteiger partial charge in [-0.05, 0) is 25.7 Å². The molecule has 100 valence electrons. The highest BCUT2D eigenvalue weighted by Gasteiger charge is 2.65. The Balaban J connectivity index is 2.89. The molecule has 0 bridgehead atoms. The first-order valence-corrected chi connectivity index (χ1v) is 5.34. The van der Waals surface area contributed by atoms with Crippen LogP contribution in [0, 0.1) is 5.92 Å². The van der Waals surface area contributed by atoms with Crippen LogP contribution in [-0.4, -0.2) is 35.5 Å². The van der Waals surface area contributed by atoms with Gasteiger partial charge in [0.15, 0.2) is 0 Å². The smallest absolute Gasteiger partial charge is 0.334 e. The minimum absolute atomic E-state index is 0.0456. The van der Waals surface area contributed by atoms with E-state index in [2.05, 4.69) is 0 Å². The molecule has 1 fully saturated rings. The summed E-state index contributed by atoms with van der Waals surface area (Å²) in [5, 5.41) is 0. The topological polar surface area (TPSA) is 20.3 Å². The van der Waals surface area contributed by atoms with Crippen LogP contribution in [-0.2, 0) is 4.79 Å². The first-order chi connectivity index (χ1) is 7.59. The average molecular weight is 259 g/mol. The van der Waals surface area contributed by atoms with Gasteiger partial charge in [-0.15, -0.1) is 0 Å². The molecule has 0 N–H and O–H groups in total. The molecule has 0 spiro atoms. The van der Waals surface area contributed by atoms with Crippen LogP contribution in [0.25, 0.3) is 0 Å². The number of piperidine rings is 1. The summed E-state index contributed by atoms with van der Waals surface area (Å²) < 4.78 is 62.0. The van der Waals surface area contributed by atoms with Gasteiger partial charge in [0.25, 0.3) is 0 Å². The fraction of sp³-hybridized carbons (Fsp3) is 0.900. The summed E-state index contributed by atoms with van der Waals surface area (Å²) in [4.78, 5) is 11.9. The van der Waals surface area contributed by atoms with Crippen molar-refractivity contribution in [2.75, 3.05) is 6.54 Å². The van der Waals surface area contributed by atoms with Crippen molar-refractivity contribution in [3.05, 3.63) is 0 Å². The standard InChI is InChI=1S/C10H14F5NO/c1-6-4-3-5-16(7(6)2)8(17)9(11,12)10(13,14)15/h6-7H,3-5H2,1-2H3. The molecule has 0 radical (unpaired) electrons. The van der Waals surface area contributed by atoms with Crippen molar-refractivity contribution >= 4 is 5.91 Å². The van der Waals surface area contributed by atoms with Gasteiger partial charge in [-0.1, -0.05) is 6.92 Å². The number of hydrogen-bond donors (Lipinski definition) is 0. The Morgan fingerprint density at radius 1 is 1.18 bits per heavy atom. The summed E-state index contributed by atoms with van der Waals surface area (Å²) in [6.07, 6.45) is -4.65. The molecule has 2 atom stereocenters. The maximum Gasteiger partial charge on any atom is 0.463 e. The fourth-order valence-corrected chi connectivity index (χ4v) is 1.92. The van der Waals surface area contributed by atoms with Gasteiger partial charge in [-0.25, -0.2) is 0 Å². The Kier molecular flexibility index (Phi) is 3.69. The molecule has 0 aromatic heterocycles. The number of nitrogens with zero attached hydrogens (tertiary/aromatic N) is 1. The van der Waals surface area contributed by atoms with E-state index < -0.39 is 24.0 Å². The first-order valence-electron chi connectivity index (χ1n) is 5.34. The molecule has 1 aliphatic heterocycles. The van der Waals surface area contributed by atoms with Crippen LogP contribution in [0.15, 0.2) is 0 Å². The maximum absolute atomic E-state index is 12.9. The Labute approximate surface area is 95.8 Å². The highest BCUT2D eigenvalue weighted by atomic mass is 19.4. The van der Waals surface area contributed by atoms with Crippen molar-refractivity contribution in [3.63, 3.8) is 0 Å². The van der Waals surface area contributed by atoms with Crippen molar-refractivity contribution < 1.29 is 26.7 Å². The van der Waals surface area contributed by atoms with Gasteiger partial charge in [-0.3, -0.25) is 4.79 Å². The molecule has 2 nitrogen and oxygen atoms in total. The molecule has 1 amide bonds. The van der Waals surface area contributed by atoms with Gasteiger partial charge >= 0.3 is 18.0 Å². The molecule has 0 saturated carbocycles. The van der Waals surface area contributed by atoms with E-state index in [1.165, 1.54) is 6.92 Å². The molecule has 1 heterocycles. The van der Waals surface area contributed by atoms with Gasteiger partial charge in [-0.2, -0.15) is 22.0 Å². The summed E-state index contributed by atoms with van der Waals surface area (Å²) in [5.41, 5.74) is 0. The van der Waals surface area contributed by atoms with Crippen LogP contribution in [0.1, 0.15) is 26.7 Å². The maximum atomic E-state index is 12.9. The van der Waals surface area contributed by atoms with Gasteiger partial charge in [0, 0.05) is 12.6 Å². The predicted molar refractivity (Wildman–Crippen MR) is 50.6 cm³/mol. The molecule has 2 unspecified atom stereocenters. The lowest BCUT2D eigenvalue weighted by molar-refractivity contribution is -0.275. The minimum atomic E-state index is -5.83. The molecule has 17 heavy (non-hydrogen) atoms. The number of amides is 1. The van der Waals surface area contributed by atoms with Crippen LogP contribution in [0.3, 0.4) is 0 Å². The lowest BCUT2D eigenvalue weighted by Crippen LogP contribution is -2.57. The molecular weight excluding hydrogens is 245 g/mol. The lowest BCUT2D eigenvalue weighted by Gasteiger charge is -2.39. The molecule has 7 heteroatoms. The zero-order valence-corrected chi connectivity index (χ0v) is 9.52. The van der Waals surface area contributed by atoms with Gasteiger partial charge < -0.3 is 4.90 Å². The molecule has 0 aliphatic carbocycles. The van der Waals surface area contributed by atoms with E-state index in [9.17, 15) is 26.7 Å². The number of alkyl halides is 5. The van der Waals surface area contributed by atoms with Crippen LogP contribution >= 0.6 is 0 Å². The number of carbonyl (C=O) groups is 1. The molecular formula is C10H14F5NO. The zero-order valence-electron chi connectivity index (χ0n) is 9.52. The molecule has 0 aromatic rings. The van der Waals surface area contributed by atoms with Crippen molar-refractivity contribution in [2.45, 2.75) is 44.8 Å². The highest BCUT2D eigenvalue weighted by molar-refractivity contribution is 5.84. The van der Waals surface area contributed by atoms with Gasteiger partial charge in [0.05, 0.1) is 0 Å². The van der Waals surface area contributed by atoms with E-state index in [1.807, 2.05) is 0 Å². The minimum Gasteiger partial charge on any atom is -0.334 e. The third-order valence-corrected chi connectivity index (χ3v) is 3.26. The molecule has 1 saturated heterocycles. The monoisotopic (exact) mass is 259 g/mol. The number of carbonyl (C=O) groups excluding carboxylic acids is 1. The van der Waals surface area contributed by atoms with Crippen molar-refractivity contribution in [2.24, 2.45) is 5.92 Å². The normalized spacial score (nSPS) is 27.1. The van der Waals surface area contributed by atoms with E-state index in [0.29, 0.717) is 11.3 Å². The number of hydrogen-bond acceptors (Lipinski definition) is 1. The van der Waals surface area contributed by atoms with Gasteiger partial charge in [0.2, 0.25) is 0 Å².